The van der Waals surface area contributed by atoms with Crippen molar-refractivity contribution in [3.05, 3.63) is 30.6 Å². The lowest BCUT2D eigenvalue weighted by Gasteiger charge is -2.27. The van der Waals surface area contributed by atoms with Crippen molar-refractivity contribution in [1.29, 1.82) is 0 Å². The van der Waals surface area contributed by atoms with Crippen LogP contribution in [-0.2, 0) is 9.53 Å². The van der Waals surface area contributed by atoms with Crippen molar-refractivity contribution >= 4 is 29.2 Å². The number of hydrogen-bond acceptors (Lipinski definition) is 8. The van der Waals surface area contributed by atoms with E-state index in [4.69, 9.17) is 14.2 Å². The first-order chi connectivity index (χ1) is 13.2. The summed E-state index contributed by atoms with van der Waals surface area (Å²) in [6, 6.07) is 7.15. The molecule has 0 atom stereocenters. The van der Waals surface area contributed by atoms with Crippen molar-refractivity contribution in [3.63, 3.8) is 0 Å². The Hall–Kier alpha value is -2.52. The molecule has 0 aliphatic carbocycles. The van der Waals surface area contributed by atoms with E-state index in [1.54, 1.807) is 32.4 Å². The van der Waals surface area contributed by atoms with Crippen LogP contribution >= 0.6 is 11.8 Å². The van der Waals surface area contributed by atoms with Crippen molar-refractivity contribution in [2.45, 2.75) is 5.03 Å². The molecule has 1 N–H and O–H groups in total. The van der Waals surface area contributed by atoms with Gasteiger partial charge in [0.2, 0.25) is 5.91 Å². The van der Waals surface area contributed by atoms with Crippen LogP contribution in [0.5, 0.6) is 11.5 Å². The van der Waals surface area contributed by atoms with Gasteiger partial charge in [-0.25, -0.2) is 9.97 Å². The summed E-state index contributed by atoms with van der Waals surface area (Å²) in [6.45, 7) is 2.99. The number of amides is 1. The summed E-state index contributed by atoms with van der Waals surface area (Å²) in [5.74, 6) is 2.14. The minimum Gasteiger partial charge on any atom is -0.497 e. The first-order valence-electron chi connectivity index (χ1n) is 8.49. The van der Waals surface area contributed by atoms with Gasteiger partial charge in [0.15, 0.2) is 0 Å². The third-order valence-electron chi connectivity index (χ3n) is 3.99. The highest BCUT2D eigenvalue weighted by Crippen LogP contribution is 2.29. The molecule has 1 aromatic carbocycles. The van der Waals surface area contributed by atoms with Crippen LogP contribution in [0.2, 0.25) is 0 Å². The Balaban J connectivity index is 1.59. The SMILES string of the molecule is COc1ccc(OC)c(NC(=O)CSc2cc(N3CCOCC3)ncn2)c1. The summed E-state index contributed by atoms with van der Waals surface area (Å²) >= 11 is 1.36. The standard InChI is InChI=1S/C18H22N4O4S/c1-24-13-3-4-15(25-2)14(9-13)21-17(23)11-27-18-10-16(19-12-20-18)22-5-7-26-8-6-22/h3-4,9-10,12H,5-8,11H2,1-2H3,(H,21,23). The van der Waals surface area contributed by atoms with E-state index in [9.17, 15) is 4.79 Å². The van der Waals surface area contributed by atoms with E-state index < -0.39 is 0 Å². The molecule has 1 fully saturated rings. The van der Waals surface area contributed by atoms with E-state index in [0.29, 0.717) is 30.4 Å². The molecule has 1 aromatic heterocycles. The van der Waals surface area contributed by atoms with E-state index >= 15 is 0 Å². The van der Waals surface area contributed by atoms with E-state index in [0.717, 1.165) is 23.9 Å². The van der Waals surface area contributed by atoms with Gasteiger partial charge in [0.05, 0.1) is 38.9 Å². The molecule has 2 aromatic rings. The summed E-state index contributed by atoms with van der Waals surface area (Å²) in [5.41, 5.74) is 0.569. The zero-order chi connectivity index (χ0) is 19.1. The minimum atomic E-state index is -0.155. The number of carbonyl (C=O) groups is 1. The van der Waals surface area contributed by atoms with Gasteiger partial charge in [0.25, 0.3) is 0 Å². The van der Waals surface area contributed by atoms with E-state index in [2.05, 4.69) is 20.2 Å². The molecule has 8 nitrogen and oxygen atoms in total. The quantitative estimate of drug-likeness (QED) is 0.568. The van der Waals surface area contributed by atoms with Gasteiger partial charge >= 0.3 is 0 Å². The molecule has 0 saturated carbocycles. The number of aromatic nitrogens is 2. The van der Waals surface area contributed by atoms with Crippen LogP contribution in [0.3, 0.4) is 0 Å². The number of morpholine rings is 1. The number of methoxy groups -OCH3 is 2. The van der Waals surface area contributed by atoms with Gasteiger partial charge in [-0.2, -0.15) is 0 Å². The molecular weight excluding hydrogens is 368 g/mol. The number of nitrogens with zero attached hydrogens (tertiary/aromatic N) is 3. The molecule has 0 spiro atoms. The lowest BCUT2D eigenvalue weighted by atomic mass is 10.2. The highest BCUT2D eigenvalue weighted by Gasteiger charge is 2.14. The number of anilines is 2. The zero-order valence-electron chi connectivity index (χ0n) is 15.3. The van der Waals surface area contributed by atoms with Gasteiger partial charge in [-0.1, -0.05) is 11.8 Å². The van der Waals surface area contributed by atoms with Crippen LogP contribution in [-0.4, -0.2) is 62.2 Å². The maximum absolute atomic E-state index is 12.3. The fourth-order valence-electron chi connectivity index (χ4n) is 2.61. The monoisotopic (exact) mass is 390 g/mol. The first kappa shape index (κ1) is 19.2. The molecule has 144 valence electrons. The summed E-state index contributed by atoms with van der Waals surface area (Å²) in [7, 11) is 3.13. The molecule has 1 amide bonds. The summed E-state index contributed by atoms with van der Waals surface area (Å²) in [5, 5.41) is 3.60. The van der Waals surface area contributed by atoms with Gasteiger partial charge in [0, 0.05) is 25.2 Å². The van der Waals surface area contributed by atoms with Crippen molar-refractivity contribution in [2.24, 2.45) is 0 Å². The number of benzene rings is 1. The average molecular weight is 390 g/mol. The normalized spacial score (nSPS) is 13.9. The second-order valence-electron chi connectivity index (χ2n) is 5.72. The van der Waals surface area contributed by atoms with Crippen molar-refractivity contribution in [1.82, 2.24) is 9.97 Å². The maximum atomic E-state index is 12.3. The predicted molar refractivity (Wildman–Crippen MR) is 104 cm³/mol. The topological polar surface area (TPSA) is 85.8 Å². The lowest BCUT2D eigenvalue weighted by Crippen LogP contribution is -2.36. The molecule has 1 aliphatic heterocycles. The van der Waals surface area contributed by atoms with E-state index in [1.165, 1.54) is 18.1 Å². The molecular formula is C18H22N4O4S. The van der Waals surface area contributed by atoms with Crippen LogP contribution in [0.15, 0.2) is 35.6 Å². The predicted octanol–water partition coefficient (Wildman–Crippen LogP) is 2.06. The van der Waals surface area contributed by atoms with Crippen LogP contribution in [0.1, 0.15) is 0 Å². The molecule has 9 heteroatoms. The highest BCUT2D eigenvalue weighted by atomic mass is 32.2. The number of carbonyl (C=O) groups excluding carboxylic acids is 1. The van der Waals surface area contributed by atoms with Gasteiger partial charge < -0.3 is 24.4 Å². The van der Waals surface area contributed by atoms with Crippen LogP contribution < -0.4 is 19.7 Å². The van der Waals surface area contributed by atoms with Crippen molar-refractivity contribution < 1.29 is 19.0 Å². The van der Waals surface area contributed by atoms with Gasteiger partial charge in [-0.15, -0.1) is 0 Å². The molecule has 2 heterocycles. The Bertz CT molecular complexity index is 784. The Morgan fingerprint density at radius 3 is 2.78 bits per heavy atom. The minimum absolute atomic E-state index is 0.155. The van der Waals surface area contributed by atoms with Crippen LogP contribution in [0.4, 0.5) is 11.5 Å². The number of hydrogen-bond donors (Lipinski definition) is 1. The Morgan fingerprint density at radius 2 is 2.04 bits per heavy atom. The number of rotatable bonds is 7. The average Bonchev–Trinajstić information content (AvgIpc) is 2.73. The smallest absolute Gasteiger partial charge is 0.234 e. The molecule has 27 heavy (non-hydrogen) atoms. The molecule has 0 bridgehead atoms. The summed E-state index contributed by atoms with van der Waals surface area (Å²) < 4.78 is 15.8. The van der Waals surface area contributed by atoms with Crippen molar-refractivity contribution in [2.75, 3.05) is 56.5 Å². The molecule has 1 saturated heterocycles. The Labute approximate surface area is 162 Å². The first-order valence-corrected chi connectivity index (χ1v) is 9.47. The number of thioether (sulfide) groups is 1. The lowest BCUT2D eigenvalue weighted by molar-refractivity contribution is -0.113. The van der Waals surface area contributed by atoms with Crippen molar-refractivity contribution in [3.8, 4) is 11.5 Å². The highest BCUT2D eigenvalue weighted by molar-refractivity contribution is 7.99. The van der Waals surface area contributed by atoms with Gasteiger partial charge in [-0.3, -0.25) is 4.79 Å². The molecule has 1 aliphatic rings. The van der Waals surface area contributed by atoms with Gasteiger partial charge in [0.1, 0.15) is 28.7 Å². The fourth-order valence-corrected chi connectivity index (χ4v) is 3.27. The second kappa shape index (κ2) is 9.43. The Kier molecular flexibility index (Phi) is 6.72. The second-order valence-corrected chi connectivity index (χ2v) is 6.71. The largest absolute Gasteiger partial charge is 0.497 e. The zero-order valence-corrected chi connectivity index (χ0v) is 16.1. The molecule has 3 rings (SSSR count). The third kappa shape index (κ3) is 5.24. The molecule has 0 radical (unpaired) electrons. The Morgan fingerprint density at radius 1 is 1.22 bits per heavy atom. The van der Waals surface area contributed by atoms with Crippen LogP contribution in [0, 0.1) is 0 Å². The molecule has 0 unspecified atom stereocenters. The third-order valence-corrected chi connectivity index (χ3v) is 4.92. The summed E-state index contributed by atoms with van der Waals surface area (Å²) in [6.07, 6.45) is 1.52. The summed E-state index contributed by atoms with van der Waals surface area (Å²) in [4.78, 5) is 23.0. The number of ether oxygens (including phenoxy) is 3. The number of nitrogens with one attached hydrogen (secondary N) is 1. The van der Waals surface area contributed by atoms with Gasteiger partial charge in [-0.05, 0) is 12.1 Å². The maximum Gasteiger partial charge on any atom is 0.234 e. The fraction of sp³-hybridized carbons (Fsp3) is 0.389. The van der Waals surface area contributed by atoms with Crippen LogP contribution in [0.25, 0.3) is 0 Å². The van der Waals surface area contributed by atoms with E-state index in [-0.39, 0.29) is 11.7 Å². The van der Waals surface area contributed by atoms with E-state index in [1.807, 2.05) is 6.07 Å².